The minimum absolute atomic E-state index is 0.0326. The summed E-state index contributed by atoms with van der Waals surface area (Å²) >= 11 is -0.683. The largest absolute Gasteiger partial charge is 0.744 e. The van der Waals surface area contributed by atoms with Gasteiger partial charge in [0.25, 0.3) is 0 Å². The first-order valence-electron chi connectivity index (χ1n) is 10.4. The molecular weight excluding hydrogens is 480 g/mol. The number of nitrogens with zero attached hydrogens (tertiary/aromatic N) is 2. The Labute approximate surface area is 199 Å². The van der Waals surface area contributed by atoms with Gasteiger partial charge in [-0.05, 0) is 56.2 Å². The fourth-order valence-electron chi connectivity index (χ4n) is 4.41. The number of hydrogen-bond acceptors (Lipinski definition) is 5. The highest BCUT2D eigenvalue weighted by Crippen LogP contribution is 2.39. The third kappa shape index (κ3) is 4.46. The lowest BCUT2D eigenvalue weighted by atomic mass is 10.1. The lowest BCUT2D eigenvalue weighted by molar-refractivity contribution is 0.462. The molecule has 0 spiro atoms. The van der Waals surface area contributed by atoms with E-state index in [0.717, 1.165) is 22.4 Å². The molecule has 34 heavy (non-hydrogen) atoms. The predicted molar refractivity (Wildman–Crippen MR) is 128 cm³/mol. The van der Waals surface area contributed by atoms with Gasteiger partial charge < -0.3 is 4.55 Å². The summed E-state index contributed by atoms with van der Waals surface area (Å²) in [5, 5.41) is 5.63. The van der Waals surface area contributed by atoms with Crippen molar-refractivity contribution in [3.05, 3.63) is 94.3 Å². The van der Waals surface area contributed by atoms with Crippen LogP contribution < -0.4 is 5.14 Å². The number of rotatable bonds is 2. The normalized spacial score (nSPS) is 17.4. The van der Waals surface area contributed by atoms with Gasteiger partial charge in [-0.3, -0.25) is 4.57 Å². The van der Waals surface area contributed by atoms with Gasteiger partial charge in [0.1, 0.15) is 32.8 Å². The number of aryl methyl sites for hydroxylation is 3. The summed E-state index contributed by atoms with van der Waals surface area (Å²) in [5.74, 6) is 0.199. The highest BCUT2D eigenvalue weighted by molar-refractivity contribution is 7.94. The van der Waals surface area contributed by atoms with Crippen LogP contribution in [-0.4, -0.2) is 22.5 Å². The van der Waals surface area contributed by atoms with E-state index in [4.69, 9.17) is 5.14 Å². The SMILES string of the molecule is Cc1cc(C)c(S(=O)(=O)[O-])c(C)c1.N[S+]1Cc2nc3ccccc3n2C1c1c(F)cccc1F. The van der Waals surface area contributed by atoms with Crippen molar-refractivity contribution in [3.63, 3.8) is 0 Å². The fourth-order valence-corrected chi connectivity index (χ4v) is 7.01. The van der Waals surface area contributed by atoms with Crippen LogP contribution in [0.4, 0.5) is 8.78 Å². The molecule has 6 nitrogen and oxygen atoms in total. The second-order valence-electron chi connectivity index (χ2n) is 8.17. The molecule has 0 aliphatic carbocycles. The Bertz CT molecular complexity index is 1460. The third-order valence-electron chi connectivity index (χ3n) is 5.59. The van der Waals surface area contributed by atoms with Gasteiger partial charge in [0.15, 0.2) is 11.6 Å². The average molecular weight is 504 g/mol. The van der Waals surface area contributed by atoms with Crippen molar-refractivity contribution in [3.8, 4) is 0 Å². The zero-order chi connectivity index (χ0) is 24.8. The summed E-state index contributed by atoms with van der Waals surface area (Å²) in [6.07, 6.45) is 0. The third-order valence-corrected chi connectivity index (χ3v) is 8.34. The van der Waals surface area contributed by atoms with Gasteiger partial charge in [0.2, 0.25) is 5.37 Å². The van der Waals surface area contributed by atoms with E-state index in [0.29, 0.717) is 16.9 Å². The molecule has 1 aliphatic rings. The molecule has 5 rings (SSSR count). The number of fused-ring (bicyclic) bond motifs is 3. The van der Waals surface area contributed by atoms with E-state index in [1.165, 1.54) is 18.2 Å². The Morgan fingerprint density at radius 3 is 2.21 bits per heavy atom. The van der Waals surface area contributed by atoms with Crippen LogP contribution in [0.5, 0.6) is 0 Å². The monoisotopic (exact) mass is 503 g/mol. The molecule has 0 fully saturated rings. The zero-order valence-corrected chi connectivity index (χ0v) is 20.4. The molecule has 2 unspecified atom stereocenters. The number of imidazole rings is 1. The average Bonchev–Trinajstić information content (AvgIpc) is 3.21. The lowest BCUT2D eigenvalue weighted by Gasteiger charge is -2.14. The fraction of sp³-hybridized carbons (Fsp3) is 0.208. The Balaban J connectivity index is 0.000000182. The first kappa shape index (κ1) is 24.3. The molecule has 1 aliphatic heterocycles. The Hall–Kier alpha value is -2.79. The van der Waals surface area contributed by atoms with Crippen LogP contribution >= 0.6 is 0 Å². The second kappa shape index (κ2) is 9.10. The molecule has 2 heterocycles. The molecule has 1 aromatic heterocycles. The van der Waals surface area contributed by atoms with Crippen LogP contribution in [0.1, 0.15) is 33.5 Å². The summed E-state index contributed by atoms with van der Waals surface area (Å²) in [4.78, 5) is 4.44. The smallest absolute Gasteiger partial charge is 0.247 e. The maximum atomic E-state index is 14.2. The van der Waals surface area contributed by atoms with Gasteiger partial charge in [0, 0.05) is 0 Å². The van der Waals surface area contributed by atoms with E-state index in [1.807, 2.05) is 35.8 Å². The van der Waals surface area contributed by atoms with E-state index >= 15 is 0 Å². The zero-order valence-electron chi connectivity index (χ0n) is 18.7. The maximum absolute atomic E-state index is 14.2. The van der Waals surface area contributed by atoms with Crippen molar-refractivity contribution >= 4 is 32.2 Å². The van der Waals surface area contributed by atoms with E-state index in [-0.39, 0.29) is 10.5 Å². The molecule has 3 aromatic carbocycles. The number of hydrogen-bond donors (Lipinski definition) is 1. The van der Waals surface area contributed by atoms with E-state index < -0.39 is 38.2 Å². The van der Waals surface area contributed by atoms with Crippen molar-refractivity contribution in [2.45, 2.75) is 36.8 Å². The molecule has 0 saturated heterocycles. The van der Waals surface area contributed by atoms with Gasteiger partial charge >= 0.3 is 0 Å². The molecule has 0 bridgehead atoms. The molecule has 2 N–H and O–H groups in total. The van der Waals surface area contributed by atoms with Gasteiger partial charge in [-0.25, -0.2) is 22.2 Å². The lowest BCUT2D eigenvalue weighted by Crippen LogP contribution is -2.24. The summed E-state index contributed by atoms with van der Waals surface area (Å²) < 4.78 is 62.7. The van der Waals surface area contributed by atoms with Gasteiger partial charge in [0.05, 0.1) is 21.5 Å². The minimum Gasteiger partial charge on any atom is -0.744 e. The molecular formula is C24H23F2N3O3S2. The predicted octanol–water partition coefficient (Wildman–Crippen LogP) is 4.38. The summed E-state index contributed by atoms with van der Waals surface area (Å²) in [7, 11) is -4.33. The molecule has 0 saturated carbocycles. The first-order valence-corrected chi connectivity index (χ1v) is 13.3. The summed E-state index contributed by atoms with van der Waals surface area (Å²) in [5.41, 5.74) is 3.72. The number of nitrogens with two attached hydrogens (primary N) is 1. The van der Waals surface area contributed by atoms with E-state index in [9.17, 15) is 21.8 Å². The molecule has 2 atom stereocenters. The van der Waals surface area contributed by atoms with Crippen LogP contribution in [0.3, 0.4) is 0 Å². The molecule has 0 radical (unpaired) electrons. The summed E-state index contributed by atoms with van der Waals surface area (Å²) in [6, 6.07) is 14.9. The second-order valence-corrected chi connectivity index (χ2v) is 11.2. The number of benzene rings is 3. The topological polar surface area (TPSA) is 101 Å². The summed E-state index contributed by atoms with van der Waals surface area (Å²) in [6.45, 7) is 5.12. The number of aromatic nitrogens is 2. The van der Waals surface area contributed by atoms with Gasteiger partial charge in [-0.15, -0.1) is 5.14 Å². The minimum atomic E-state index is -4.33. The van der Waals surface area contributed by atoms with Crippen LogP contribution in [0.2, 0.25) is 0 Å². The van der Waals surface area contributed by atoms with Crippen molar-refractivity contribution in [1.82, 2.24) is 9.55 Å². The van der Waals surface area contributed by atoms with Crippen molar-refractivity contribution < 1.29 is 21.8 Å². The highest BCUT2D eigenvalue weighted by Gasteiger charge is 2.45. The number of halogens is 2. The van der Waals surface area contributed by atoms with Crippen LogP contribution in [-0.2, 0) is 27.0 Å². The first-order chi connectivity index (χ1) is 16.0. The number of para-hydroxylation sites is 2. The van der Waals surface area contributed by atoms with Crippen LogP contribution in [0.15, 0.2) is 59.5 Å². The maximum Gasteiger partial charge on any atom is 0.247 e. The molecule has 0 amide bonds. The standard InChI is InChI=1S/C15H12F2N3S.C9H12O3S/c16-9-4-3-5-10(17)14(9)15-20-12-7-2-1-6-11(12)19-13(20)8-21(15)18;1-6-4-7(2)9(8(3)5-6)13(10,11)12/h1-7,15H,8,18H2;4-5H,1-3H3,(H,10,11,12)/q+1;/p-1. The van der Waals surface area contributed by atoms with E-state index in [1.54, 1.807) is 26.0 Å². The Kier molecular flexibility index (Phi) is 6.52. The molecule has 10 heteroatoms. The quantitative estimate of drug-likeness (QED) is 0.323. The molecule has 178 valence electrons. The van der Waals surface area contributed by atoms with Crippen molar-refractivity contribution in [1.29, 1.82) is 0 Å². The van der Waals surface area contributed by atoms with Gasteiger partial charge in [-0.1, -0.05) is 35.9 Å². The Morgan fingerprint density at radius 1 is 1.03 bits per heavy atom. The Morgan fingerprint density at radius 2 is 1.62 bits per heavy atom. The van der Waals surface area contributed by atoms with Crippen LogP contribution in [0.25, 0.3) is 11.0 Å². The van der Waals surface area contributed by atoms with Crippen molar-refractivity contribution in [2.75, 3.05) is 0 Å². The van der Waals surface area contributed by atoms with E-state index in [2.05, 4.69) is 4.98 Å². The highest BCUT2D eigenvalue weighted by atomic mass is 32.2. The van der Waals surface area contributed by atoms with Gasteiger partial charge in [-0.2, -0.15) is 0 Å². The molecule has 4 aromatic rings. The van der Waals surface area contributed by atoms with Crippen molar-refractivity contribution in [2.24, 2.45) is 5.14 Å². The van der Waals surface area contributed by atoms with Crippen LogP contribution in [0, 0.1) is 32.4 Å².